The number of benzene rings is 1. The SMILES string of the molecule is CC(NC(N)=O)C(=O)N1CCC(NS(=O)(=O)c2ccccc2)CC1. The summed E-state index contributed by atoms with van der Waals surface area (Å²) >= 11 is 0. The molecule has 1 aromatic carbocycles. The highest BCUT2D eigenvalue weighted by molar-refractivity contribution is 7.89. The third-order valence-corrected chi connectivity index (χ3v) is 5.45. The minimum absolute atomic E-state index is 0.223. The van der Waals surface area contributed by atoms with E-state index in [2.05, 4.69) is 10.0 Å². The number of likely N-dealkylation sites (tertiary alicyclic amines) is 1. The Hall–Kier alpha value is -2.13. The Bertz CT molecular complexity index is 685. The number of rotatable bonds is 5. The number of primary amides is 1. The number of urea groups is 1. The number of carbonyl (C=O) groups is 2. The Labute approximate surface area is 141 Å². The Morgan fingerprint density at radius 3 is 2.33 bits per heavy atom. The Kier molecular flexibility index (Phi) is 5.79. The molecule has 1 heterocycles. The van der Waals surface area contributed by atoms with E-state index in [0.717, 1.165) is 0 Å². The van der Waals surface area contributed by atoms with Gasteiger partial charge in [-0.15, -0.1) is 0 Å². The van der Waals surface area contributed by atoms with Crippen molar-refractivity contribution in [3.8, 4) is 0 Å². The molecule has 1 unspecified atom stereocenters. The predicted octanol–water partition coefficient (Wildman–Crippen LogP) is 0.0127. The lowest BCUT2D eigenvalue weighted by Gasteiger charge is -2.33. The van der Waals surface area contributed by atoms with Gasteiger partial charge in [0.05, 0.1) is 4.90 Å². The number of nitrogens with one attached hydrogen (secondary N) is 2. The molecule has 1 aromatic rings. The van der Waals surface area contributed by atoms with E-state index in [1.807, 2.05) is 0 Å². The Morgan fingerprint density at radius 2 is 1.79 bits per heavy atom. The van der Waals surface area contributed by atoms with Crippen LogP contribution in [0.2, 0.25) is 0 Å². The Balaban J connectivity index is 1.89. The summed E-state index contributed by atoms with van der Waals surface area (Å²) in [6.45, 7) is 2.41. The average molecular weight is 354 g/mol. The monoisotopic (exact) mass is 354 g/mol. The van der Waals surface area contributed by atoms with Crippen LogP contribution >= 0.6 is 0 Å². The van der Waals surface area contributed by atoms with E-state index in [0.29, 0.717) is 25.9 Å². The summed E-state index contributed by atoms with van der Waals surface area (Å²) in [7, 11) is -3.56. The summed E-state index contributed by atoms with van der Waals surface area (Å²) in [5.74, 6) is -0.224. The van der Waals surface area contributed by atoms with E-state index in [4.69, 9.17) is 5.73 Å². The second kappa shape index (κ2) is 7.63. The van der Waals surface area contributed by atoms with Crippen LogP contribution in [0.15, 0.2) is 35.2 Å². The van der Waals surface area contributed by atoms with Gasteiger partial charge in [-0.3, -0.25) is 4.79 Å². The maximum atomic E-state index is 12.3. The van der Waals surface area contributed by atoms with Crippen LogP contribution in [0.25, 0.3) is 0 Å². The molecule has 1 fully saturated rings. The number of piperidine rings is 1. The average Bonchev–Trinajstić information content (AvgIpc) is 2.55. The molecule has 0 spiro atoms. The predicted molar refractivity (Wildman–Crippen MR) is 88.5 cm³/mol. The van der Waals surface area contributed by atoms with Crippen LogP contribution in [0.5, 0.6) is 0 Å². The van der Waals surface area contributed by atoms with E-state index < -0.39 is 22.1 Å². The summed E-state index contributed by atoms with van der Waals surface area (Å²) in [6, 6.07) is 6.51. The van der Waals surface area contributed by atoms with Crippen molar-refractivity contribution < 1.29 is 18.0 Å². The van der Waals surface area contributed by atoms with Crippen molar-refractivity contribution in [3.63, 3.8) is 0 Å². The third-order valence-electron chi connectivity index (χ3n) is 3.91. The van der Waals surface area contributed by atoms with E-state index in [-0.39, 0.29) is 16.8 Å². The first-order chi connectivity index (χ1) is 11.3. The fourth-order valence-electron chi connectivity index (χ4n) is 2.65. The van der Waals surface area contributed by atoms with Gasteiger partial charge in [-0.2, -0.15) is 0 Å². The van der Waals surface area contributed by atoms with Gasteiger partial charge in [-0.1, -0.05) is 18.2 Å². The van der Waals surface area contributed by atoms with Gasteiger partial charge in [0.2, 0.25) is 15.9 Å². The second-order valence-corrected chi connectivity index (χ2v) is 7.48. The van der Waals surface area contributed by atoms with E-state index in [1.165, 1.54) is 12.1 Å². The molecule has 24 heavy (non-hydrogen) atoms. The van der Waals surface area contributed by atoms with Gasteiger partial charge >= 0.3 is 6.03 Å². The molecule has 1 saturated heterocycles. The number of sulfonamides is 1. The van der Waals surface area contributed by atoms with Crippen LogP contribution in [-0.4, -0.2) is 50.4 Å². The first-order valence-corrected chi connectivity index (χ1v) is 9.20. The molecule has 0 bridgehead atoms. The van der Waals surface area contributed by atoms with E-state index in [9.17, 15) is 18.0 Å². The summed E-state index contributed by atoms with van der Waals surface area (Å²) in [4.78, 5) is 24.8. The molecule has 8 nitrogen and oxygen atoms in total. The summed E-state index contributed by atoms with van der Waals surface area (Å²) in [5, 5.41) is 2.35. The standard InChI is InChI=1S/C15H22N4O4S/c1-11(17-15(16)21)14(20)19-9-7-12(8-10-19)18-24(22,23)13-5-3-2-4-6-13/h2-6,11-12,18H,7-10H2,1H3,(H3,16,17,21). The highest BCUT2D eigenvalue weighted by Crippen LogP contribution is 2.15. The first kappa shape index (κ1) is 18.2. The summed E-state index contributed by atoms with van der Waals surface area (Å²) < 4.78 is 27.3. The lowest BCUT2D eigenvalue weighted by Crippen LogP contribution is -2.52. The molecular weight excluding hydrogens is 332 g/mol. The zero-order valence-electron chi connectivity index (χ0n) is 13.4. The van der Waals surface area contributed by atoms with Gasteiger partial charge < -0.3 is 16.0 Å². The molecule has 0 saturated carbocycles. The Morgan fingerprint density at radius 1 is 1.21 bits per heavy atom. The maximum absolute atomic E-state index is 12.3. The van der Waals surface area contributed by atoms with Crippen molar-refractivity contribution in [3.05, 3.63) is 30.3 Å². The first-order valence-electron chi connectivity index (χ1n) is 7.72. The maximum Gasteiger partial charge on any atom is 0.312 e. The van der Waals surface area contributed by atoms with Crippen LogP contribution in [0.1, 0.15) is 19.8 Å². The van der Waals surface area contributed by atoms with Crippen LogP contribution in [-0.2, 0) is 14.8 Å². The minimum atomic E-state index is -3.56. The second-order valence-electron chi connectivity index (χ2n) is 5.76. The van der Waals surface area contributed by atoms with Crippen molar-refractivity contribution in [2.75, 3.05) is 13.1 Å². The fourth-order valence-corrected chi connectivity index (χ4v) is 3.98. The van der Waals surface area contributed by atoms with Crippen molar-refractivity contribution >= 4 is 22.0 Å². The molecule has 3 amide bonds. The van der Waals surface area contributed by atoms with Gasteiger partial charge in [0.1, 0.15) is 6.04 Å². The number of nitrogens with two attached hydrogens (primary N) is 1. The number of nitrogens with zero attached hydrogens (tertiary/aromatic N) is 1. The topological polar surface area (TPSA) is 122 Å². The highest BCUT2D eigenvalue weighted by Gasteiger charge is 2.28. The molecule has 132 valence electrons. The number of hydrogen-bond acceptors (Lipinski definition) is 4. The summed E-state index contributed by atoms with van der Waals surface area (Å²) in [6.07, 6.45) is 1.03. The van der Waals surface area contributed by atoms with Crippen LogP contribution in [0.3, 0.4) is 0 Å². The number of carbonyl (C=O) groups excluding carboxylic acids is 2. The summed E-state index contributed by atoms with van der Waals surface area (Å²) in [5.41, 5.74) is 5.01. The van der Waals surface area contributed by atoms with E-state index in [1.54, 1.807) is 30.0 Å². The van der Waals surface area contributed by atoms with E-state index >= 15 is 0 Å². The van der Waals surface area contributed by atoms with Gasteiger partial charge in [0.15, 0.2) is 0 Å². The number of amides is 3. The van der Waals surface area contributed by atoms with Gasteiger partial charge in [-0.25, -0.2) is 17.9 Å². The molecule has 9 heteroatoms. The molecular formula is C15H22N4O4S. The molecule has 1 aliphatic heterocycles. The van der Waals surface area contributed by atoms with Crippen molar-refractivity contribution in [1.82, 2.24) is 14.9 Å². The van der Waals surface area contributed by atoms with Crippen LogP contribution < -0.4 is 15.8 Å². The minimum Gasteiger partial charge on any atom is -0.352 e. The van der Waals surface area contributed by atoms with Gasteiger partial charge in [-0.05, 0) is 31.9 Å². The lowest BCUT2D eigenvalue weighted by atomic mass is 10.1. The zero-order valence-corrected chi connectivity index (χ0v) is 14.3. The molecule has 0 aliphatic carbocycles. The third kappa shape index (κ3) is 4.68. The smallest absolute Gasteiger partial charge is 0.312 e. The molecule has 0 radical (unpaired) electrons. The lowest BCUT2D eigenvalue weighted by molar-refractivity contribution is -0.133. The van der Waals surface area contributed by atoms with Crippen LogP contribution in [0.4, 0.5) is 4.79 Å². The van der Waals surface area contributed by atoms with Crippen LogP contribution in [0, 0.1) is 0 Å². The fraction of sp³-hybridized carbons (Fsp3) is 0.467. The largest absolute Gasteiger partial charge is 0.352 e. The molecule has 4 N–H and O–H groups in total. The molecule has 1 atom stereocenters. The quantitative estimate of drug-likeness (QED) is 0.689. The number of hydrogen-bond donors (Lipinski definition) is 3. The molecule has 2 rings (SSSR count). The highest BCUT2D eigenvalue weighted by atomic mass is 32.2. The molecule has 1 aliphatic rings. The van der Waals surface area contributed by atoms with Crippen molar-refractivity contribution in [2.45, 2.75) is 36.7 Å². The normalized spacial score (nSPS) is 17.3. The van der Waals surface area contributed by atoms with Crippen molar-refractivity contribution in [2.24, 2.45) is 5.73 Å². The zero-order chi connectivity index (χ0) is 17.7. The van der Waals surface area contributed by atoms with Gasteiger partial charge in [0, 0.05) is 19.1 Å². The molecule has 0 aromatic heterocycles. The van der Waals surface area contributed by atoms with Gasteiger partial charge in [0.25, 0.3) is 0 Å². The van der Waals surface area contributed by atoms with Crippen molar-refractivity contribution in [1.29, 1.82) is 0 Å².